The van der Waals surface area contributed by atoms with Gasteiger partial charge in [0.15, 0.2) is 0 Å². The third-order valence-electron chi connectivity index (χ3n) is 4.25. The Morgan fingerprint density at radius 3 is 2.53 bits per heavy atom. The van der Waals surface area contributed by atoms with Crippen LogP contribution >= 0.6 is 35.6 Å². The van der Waals surface area contributed by atoms with E-state index in [1.54, 1.807) is 30.4 Å². The average molecular weight is 460 g/mol. The van der Waals surface area contributed by atoms with Crippen molar-refractivity contribution in [3.8, 4) is 11.5 Å². The molecular formula is C23H22ClNO3S2. The van der Waals surface area contributed by atoms with Crippen molar-refractivity contribution in [1.82, 2.24) is 4.90 Å². The molecule has 0 unspecified atom stereocenters. The highest BCUT2D eigenvalue weighted by atomic mass is 35.5. The highest BCUT2D eigenvalue weighted by molar-refractivity contribution is 8.26. The zero-order chi connectivity index (χ0) is 21.7. The maximum absolute atomic E-state index is 12.6. The monoisotopic (exact) mass is 459 g/mol. The normalized spacial score (nSPS) is 15.0. The molecule has 2 aromatic rings. The molecule has 156 valence electrons. The summed E-state index contributed by atoms with van der Waals surface area (Å²) in [7, 11) is 0. The Kier molecular flexibility index (Phi) is 7.58. The zero-order valence-electron chi connectivity index (χ0n) is 16.8. The second-order valence-electron chi connectivity index (χ2n) is 6.78. The average Bonchev–Trinajstić information content (AvgIpc) is 2.94. The van der Waals surface area contributed by atoms with Gasteiger partial charge in [0.1, 0.15) is 29.0 Å². The van der Waals surface area contributed by atoms with Crippen LogP contribution in [0.1, 0.15) is 16.7 Å². The summed E-state index contributed by atoms with van der Waals surface area (Å²) in [4.78, 5) is 14.6. The maximum Gasteiger partial charge on any atom is 0.266 e. The summed E-state index contributed by atoms with van der Waals surface area (Å²) in [6, 6.07) is 11.4. The molecule has 2 aromatic carbocycles. The topological polar surface area (TPSA) is 38.8 Å². The lowest BCUT2D eigenvalue weighted by Crippen LogP contribution is -2.27. The van der Waals surface area contributed by atoms with Crippen LogP contribution < -0.4 is 9.47 Å². The van der Waals surface area contributed by atoms with Crippen molar-refractivity contribution in [1.29, 1.82) is 0 Å². The van der Waals surface area contributed by atoms with Crippen LogP contribution in [0.5, 0.6) is 11.5 Å². The Balaban J connectivity index is 1.69. The third kappa shape index (κ3) is 5.65. The molecule has 1 amide bonds. The fourth-order valence-electron chi connectivity index (χ4n) is 3.02. The van der Waals surface area contributed by atoms with E-state index in [4.69, 9.17) is 33.3 Å². The highest BCUT2D eigenvalue weighted by Crippen LogP contribution is 2.35. The fraction of sp³-hybridized carbons (Fsp3) is 0.217. The number of thiocarbonyl (C=S) groups is 1. The lowest BCUT2D eigenvalue weighted by Gasteiger charge is -2.12. The van der Waals surface area contributed by atoms with Gasteiger partial charge in [-0.2, -0.15) is 0 Å². The van der Waals surface area contributed by atoms with Gasteiger partial charge >= 0.3 is 0 Å². The summed E-state index contributed by atoms with van der Waals surface area (Å²) in [5.41, 5.74) is 3.02. The number of hydrogen-bond donors (Lipinski definition) is 0. The number of aryl methyl sites for hydroxylation is 2. The number of benzene rings is 2. The summed E-state index contributed by atoms with van der Waals surface area (Å²) in [6.45, 7) is 8.88. The summed E-state index contributed by atoms with van der Waals surface area (Å²) in [6.07, 6.45) is 3.41. The summed E-state index contributed by atoms with van der Waals surface area (Å²) >= 11 is 12.7. The molecule has 0 bridgehead atoms. The quantitative estimate of drug-likeness (QED) is 0.216. The first-order valence-corrected chi connectivity index (χ1v) is 11.0. The van der Waals surface area contributed by atoms with E-state index in [2.05, 4.69) is 12.6 Å². The Hall–Kier alpha value is -2.28. The summed E-state index contributed by atoms with van der Waals surface area (Å²) in [5.74, 6) is 1.30. The van der Waals surface area contributed by atoms with Gasteiger partial charge in [-0.25, -0.2) is 0 Å². The number of carbonyl (C=O) groups excluding carboxylic acids is 1. The Labute approximate surface area is 191 Å². The molecule has 1 saturated heterocycles. The number of rotatable bonds is 8. The van der Waals surface area contributed by atoms with Gasteiger partial charge in [0, 0.05) is 17.1 Å². The Bertz CT molecular complexity index is 999. The molecule has 4 nitrogen and oxygen atoms in total. The van der Waals surface area contributed by atoms with Gasteiger partial charge in [0.05, 0.1) is 4.91 Å². The molecule has 1 aliphatic rings. The van der Waals surface area contributed by atoms with Gasteiger partial charge in [-0.1, -0.05) is 47.7 Å². The Morgan fingerprint density at radius 1 is 1.13 bits per heavy atom. The molecular weight excluding hydrogens is 438 g/mol. The van der Waals surface area contributed by atoms with E-state index < -0.39 is 0 Å². The van der Waals surface area contributed by atoms with Crippen molar-refractivity contribution in [2.24, 2.45) is 0 Å². The fourth-order valence-corrected chi connectivity index (χ4v) is 4.47. The van der Waals surface area contributed by atoms with Crippen LogP contribution in [-0.2, 0) is 4.79 Å². The van der Waals surface area contributed by atoms with Gasteiger partial charge in [-0.15, -0.1) is 6.58 Å². The minimum atomic E-state index is -0.144. The van der Waals surface area contributed by atoms with Gasteiger partial charge in [0.25, 0.3) is 5.91 Å². The SMILES string of the molecule is C=CCN1C(=O)/C(=C\c2cc(Cl)ccc2OCCOc2cc(C)cc(C)c2)SC1=S. The van der Waals surface area contributed by atoms with E-state index in [0.717, 1.165) is 16.9 Å². The van der Waals surface area contributed by atoms with Crippen molar-refractivity contribution < 1.29 is 14.3 Å². The molecule has 0 N–H and O–H groups in total. The van der Waals surface area contributed by atoms with E-state index in [0.29, 0.717) is 45.3 Å². The molecule has 0 radical (unpaired) electrons. The van der Waals surface area contributed by atoms with Crippen LogP contribution in [0, 0.1) is 13.8 Å². The van der Waals surface area contributed by atoms with Crippen LogP contribution in [0.3, 0.4) is 0 Å². The predicted molar refractivity (Wildman–Crippen MR) is 128 cm³/mol. The lowest BCUT2D eigenvalue weighted by molar-refractivity contribution is -0.121. The third-order valence-corrected chi connectivity index (χ3v) is 5.86. The van der Waals surface area contributed by atoms with Crippen LogP contribution in [0.2, 0.25) is 5.02 Å². The number of halogens is 1. The van der Waals surface area contributed by atoms with Crippen LogP contribution in [0.25, 0.3) is 6.08 Å². The first kappa shape index (κ1) is 22.4. The Morgan fingerprint density at radius 2 is 1.83 bits per heavy atom. The van der Waals surface area contributed by atoms with Gasteiger partial charge in [-0.3, -0.25) is 9.69 Å². The molecule has 0 aromatic heterocycles. The number of carbonyl (C=O) groups is 1. The van der Waals surface area contributed by atoms with E-state index in [-0.39, 0.29) is 5.91 Å². The molecule has 3 rings (SSSR count). The number of thioether (sulfide) groups is 1. The van der Waals surface area contributed by atoms with E-state index in [1.165, 1.54) is 16.7 Å². The number of nitrogens with zero attached hydrogens (tertiary/aromatic N) is 1. The highest BCUT2D eigenvalue weighted by Gasteiger charge is 2.31. The molecule has 0 saturated carbocycles. The minimum absolute atomic E-state index is 0.144. The van der Waals surface area contributed by atoms with Gasteiger partial charge in [0.2, 0.25) is 0 Å². The molecule has 30 heavy (non-hydrogen) atoms. The van der Waals surface area contributed by atoms with E-state index >= 15 is 0 Å². The maximum atomic E-state index is 12.6. The van der Waals surface area contributed by atoms with Gasteiger partial charge < -0.3 is 9.47 Å². The molecule has 0 aliphatic carbocycles. The number of hydrogen-bond acceptors (Lipinski definition) is 5. The first-order valence-electron chi connectivity index (χ1n) is 9.37. The molecule has 0 atom stereocenters. The lowest BCUT2D eigenvalue weighted by atomic mass is 10.1. The van der Waals surface area contributed by atoms with Crippen molar-refractivity contribution in [3.05, 3.63) is 75.7 Å². The van der Waals surface area contributed by atoms with Crippen molar-refractivity contribution in [2.45, 2.75) is 13.8 Å². The van der Waals surface area contributed by atoms with Crippen LogP contribution in [-0.4, -0.2) is 34.9 Å². The molecule has 1 fully saturated rings. The number of amides is 1. The smallest absolute Gasteiger partial charge is 0.266 e. The number of ether oxygens (including phenoxy) is 2. The van der Waals surface area contributed by atoms with Crippen molar-refractivity contribution in [3.63, 3.8) is 0 Å². The summed E-state index contributed by atoms with van der Waals surface area (Å²) < 4.78 is 12.2. The first-order chi connectivity index (χ1) is 14.4. The van der Waals surface area contributed by atoms with Crippen molar-refractivity contribution >= 4 is 51.9 Å². The molecule has 0 spiro atoms. The summed E-state index contributed by atoms with van der Waals surface area (Å²) in [5, 5.41) is 0.557. The molecule has 1 heterocycles. The van der Waals surface area contributed by atoms with Crippen LogP contribution in [0.4, 0.5) is 0 Å². The predicted octanol–water partition coefficient (Wildman–Crippen LogP) is 5.80. The van der Waals surface area contributed by atoms with Crippen molar-refractivity contribution in [2.75, 3.05) is 19.8 Å². The second kappa shape index (κ2) is 10.2. The molecule has 7 heteroatoms. The zero-order valence-corrected chi connectivity index (χ0v) is 19.2. The minimum Gasteiger partial charge on any atom is -0.490 e. The van der Waals surface area contributed by atoms with Crippen LogP contribution in [0.15, 0.2) is 54.0 Å². The van der Waals surface area contributed by atoms with E-state index in [9.17, 15) is 4.79 Å². The van der Waals surface area contributed by atoms with E-state index in [1.807, 2.05) is 26.0 Å². The van der Waals surface area contributed by atoms with Gasteiger partial charge in [-0.05, 0) is 61.4 Å². The second-order valence-corrected chi connectivity index (χ2v) is 8.90. The standard InChI is InChI=1S/C23H22ClNO3S2/c1-4-7-25-22(26)21(30-23(25)29)14-17-13-18(24)5-6-20(17)28-9-8-27-19-11-15(2)10-16(3)12-19/h4-6,10-14H,1,7-9H2,2-3H3/b21-14+. The molecule has 1 aliphatic heterocycles. The largest absolute Gasteiger partial charge is 0.490 e.